The summed E-state index contributed by atoms with van der Waals surface area (Å²) in [6.45, 7) is 1.25. The van der Waals surface area contributed by atoms with Crippen molar-refractivity contribution in [2.45, 2.75) is 12.5 Å². The maximum Gasteiger partial charge on any atom is 0.323 e. The Labute approximate surface area is 107 Å². The molecule has 0 aliphatic carbocycles. The third kappa shape index (κ3) is 10.5. The Kier molecular flexibility index (Phi) is 8.90. The molecule has 1 unspecified atom stereocenters. The van der Waals surface area contributed by atoms with Gasteiger partial charge in [0.2, 0.25) is 0 Å². The van der Waals surface area contributed by atoms with Crippen LogP contribution in [0.2, 0.25) is 0 Å². The van der Waals surface area contributed by atoms with Gasteiger partial charge in [-0.2, -0.15) is 0 Å². The van der Waals surface area contributed by atoms with Crippen LogP contribution < -0.4 is 5.73 Å². The molecule has 0 aromatic heterocycles. The molecule has 0 fully saturated rings. The molecule has 0 saturated carbocycles. The minimum Gasteiger partial charge on any atom is -0.462 e. The molecule has 0 radical (unpaired) electrons. The Hall–Kier alpha value is -0.700. The number of methoxy groups -OCH3 is 1. The molecular formula is C10H21NO6S. The molecular weight excluding hydrogens is 262 g/mol. The summed E-state index contributed by atoms with van der Waals surface area (Å²) in [5.74, 6) is -0.748. The minimum atomic E-state index is -3.11. The van der Waals surface area contributed by atoms with Gasteiger partial charge in [0.1, 0.15) is 22.5 Å². The number of hydrogen-bond acceptors (Lipinski definition) is 7. The van der Waals surface area contributed by atoms with Crippen LogP contribution in [0.1, 0.15) is 6.42 Å². The Morgan fingerprint density at radius 1 is 1.22 bits per heavy atom. The fourth-order valence-corrected chi connectivity index (χ4v) is 1.69. The van der Waals surface area contributed by atoms with Crippen molar-refractivity contribution in [1.82, 2.24) is 0 Å². The molecule has 0 heterocycles. The summed E-state index contributed by atoms with van der Waals surface area (Å²) in [7, 11) is -1.55. The zero-order valence-electron chi connectivity index (χ0n) is 10.8. The number of nitrogens with two attached hydrogens (primary N) is 1. The smallest absolute Gasteiger partial charge is 0.323 e. The summed E-state index contributed by atoms with van der Waals surface area (Å²) in [6, 6.07) is -0.918. The SMILES string of the molecule is COCCOCCOC(=O)C(N)CCS(C)(=O)=O. The van der Waals surface area contributed by atoms with E-state index < -0.39 is 21.8 Å². The first-order chi connectivity index (χ1) is 8.37. The third-order valence-corrected chi connectivity index (χ3v) is 2.98. The van der Waals surface area contributed by atoms with Gasteiger partial charge in [-0.25, -0.2) is 8.42 Å². The van der Waals surface area contributed by atoms with Crippen molar-refractivity contribution in [1.29, 1.82) is 0 Å². The molecule has 18 heavy (non-hydrogen) atoms. The minimum absolute atomic E-state index is 0.0577. The second-order valence-corrected chi connectivity index (χ2v) is 6.06. The molecule has 2 N–H and O–H groups in total. The van der Waals surface area contributed by atoms with Gasteiger partial charge in [-0.3, -0.25) is 4.79 Å². The summed E-state index contributed by atoms with van der Waals surface area (Å²) in [5, 5.41) is 0. The first-order valence-electron chi connectivity index (χ1n) is 5.53. The lowest BCUT2D eigenvalue weighted by Gasteiger charge is -2.11. The number of carbonyl (C=O) groups excluding carboxylic acids is 1. The van der Waals surface area contributed by atoms with Crippen molar-refractivity contribution in [2.24, 2.45) is 5.73 Å². The van der Waals surface area contributed by atoms with Crippen LogP contribution in [-0.4, -0.2) is 66.0 Å². The van der Waals surface area contributed by atoms with E-state index >= 15 is 0 Å². The van der Waals surface area contributed by atoms with Crippen molar-refractivity contribution >= 4 is 15.8 Å². The van der Waals surface area contributed by atoms with Crippen molar-refractivity contribution in [2.75, 3.05) is 45.5 Å². The lowest BCUT2D eigenvalue weighted by Crippen LogP contribution is -2.34. The van der Waals surface area contributed by atoms with Gasteiger partial charge < -0.3 is 19.9 Å². The van der Waals surface area contributed by atoms with E-state index in [1.54, 1.807) is 7.11 Å². The predicted octanol–water partition coefficient (Wildman–Crippen LogP) is -1.05. The van der Waals surface area contributed by atoms with Crippen LogP contribution in [0.4, 0.5) is 0 Å². The number of sulfone groups is 1. The second kappa shape index (κ2) is 9.26. The van der Waals surface area contributed by atoms with Gasteiger partial charge in [-0.05, 0) is 6.42 Å². The molecule has 7 nitrogen and oxygen atoms in total. The number of carbonyl (C=O) groups is 1. The van der Waals surface area contributed by atoms with Gasteiger partial charge in [0.25, 0.3) is 0 Å². The lowest BCUT2D eigenvalue weighted by molar-refractivity contribution is -0.146. The zero-order valence-corrected chi connectivity index (χ0v) is 11.6. The van der Waals surface area contributed by atoms with Crippen LogP contribution in [0.3, 0.4) is 0 Å². The van der Waals surface area contributed by atoms with E-state index in [1.807, 2.05) is 0 Å². The molecule has 0 aliphatic heterocycles. The highest BCUT2D eigenvalue weighted by atomic mass is 32.2. The van der Waals surface area contributed by atoms with Gasteiger partial charge in [0.05, 0.1) is 25.6 Å². The van der Waals surface area contributed by atoms with E-state index in [0.29, 0.717) is 13.2 Å². The molecule has 0 amide bonds. The standard InChI is InChI=1S/C10H21NO6S/c1-15-4-5-16-6-7-17-10(12)9(11)3-8-18(2,13)14/h9H,3-8,11H2,1-2H3. The van der Waals surface area contributed by atoms with E-state index in [4.69, 9.17) is 19.9 Å². The molecule has 0 bridgehead atoms. The van der Waals surface area contributed by atoms with Crippen LogP contribution in [0.15, 0.2) is 0 Å². The average Bonchev–Trinajstić information content (AvgIpc) is 2.29. The van der Waals surface area contributed by atoms with Gasteiger partial charge in [0.15, 0.2) is 0 Å². The van der Waals surface area contributed by atoms with Gasteiger partial charge in [0, 0.05) is 13.4 Å². The Morgan fingerprint density at radius 2 is 1.83 bits per heavy atom. The first kappa shape index (κ1) is 17.3. The van der Waals surface area contributed by atoms with E-state index in [0.717, 1.165) is 6.26 Å². The highest BCUT2D eigenvalue weighted by molar-refractivity contribution is 7.90. The van der Waals surface area contributed by atoms with Crippen molar-refractivity contribution in [3.8, 4) is 0 Å². The van der Waals surface area contributed by atoms with Gasteiger partial charge in [-0.15, -0.1) is 0 Å². The molecule has 108 valence electrons. The van der Waals surface area contributed by atoms with Crippen molar-refractivity contribution in [3.63, 3.8) is 0 Å². The van der Waals surface area contributed by atoms with Crippen LogP contribution >= 0.6 is 0 Å². The van der Waals surface area contributed by atoms with Crippen molar-refractivity contribution in [3.05, 3.63) is 0 Å². The first-order valence-corrected chi connectivity index (χ1v) is 7.59. The summed E-state index contributed by atoms with van der Waals surface area (Å²) in [6.07, 6.45) is 1.15. The monoisotopic (exact) mass is 283 g/mol. The predicted molar refractivity (Wildman–Crippen MR) is 66.0 cm³/mol. The normalized spacial score (nSPS) is 13.3. The third-order valence-electron chi connectivity index (χ3n) is 2.01. The summed E-state index contributed by atoms with van der Waals surface area (Å²) in [5.41, 5.74) is 5.49. The molecule has 0 aliphatic rings. The second-order valence-electron chi connectivity index (χ2n) is 3.80. The maximum atomic E-state index is 11.3. The molecule has 8 heteroatoms. The van der Waals surface area contributed by atoms with Crippen LogP contribution in [0.25, 0.3) is 0 Å². The van der Waals surface area contributed by atoms with Crippen molar-refractivity contribution < 1.29 is 27.4 Å². The maximum absolute atomic E-state index is 11.3. The number of ether oxygens (including phenoxy) is 3. The van der Waals surface area contributed by atoms with E-state index in [1.165, 1.54) is 0 Å². The molecule has 0 rings (SSSR count). The van der Waals surface area contributed by atoms with Crippen LogP contribution in [0, 0.1) is 0 Å². The molecule has 1 atom stereocenters. The molecule has 0 aromatic carbocycles. The van der Waals surface area contributed by atoms with E-state index in [-0.39, 0.29) is 25.4 Å². The Balaban J connectivity index is 3.62. The van der Waals surface area contributed by atoms with Gasteiger partial charge >= 0.3 is 5.97 Å². The average molecular weight is 283 g/mol. The zero-order chi connectivity index (χ0) is 14.0. The van der Waals surface area contributed by atoms with Crippen LogP contribution in [-0.2, 0) is 28.8 Å². The van der Waals surface area contributed by atoms with E-state index in [2.05, 4.69) is 0 Å². The summed E-state index contributed by atoms with van der Waals surface area (Å²) >= 11 is 0. The number of rotatable bonds is 10. The van der Waals surface area contributed by atoms with E-state index in [9.17, 15) is 13.2 Å². The molecule has 0 spiro atoms. The number of hydrogen-bond donors (Lipinski definition) is 1. The quantitative estimate of drug-likeness (QED) is 0.403. The lowest BCUT2D eigenvalue weighted by atomic mass is 10.2. The topological polar surface area (TPSA) is 105 Å². The highest BCUT2D eigenvalue weighted by Gasteiger charge is 2.17. The number of esters is 1. The fourth-order valence-electron chi connectivity index (χ4n) is 1.01. The summed E-state index contributed by atoms with van der Waals surface area (Å²) in [4.78, 5) is 11.3. The Morgan fingerprint density at radius 3 is 2.39 bits per heavy atom. The highest BCUT2D eigenvalue weighted by Crippen LogP contribution is 1.96. The Bertz CT molecular complexity index is 329. The largest absolute Gasteiger partial charge is 0.462 e. The van der Waals surface area contributed by atoms with Gasteiger partial charge in [-0.1, -0.05) is 0 Å². The van der Waals surface area contributed by atoms with Crippen LogP contribution in [0.5, 0.6) is 0 Å². The molecule has 0 aromatic rings. The summed E-state index contributed by atoms with van der Waals surface area (Å²) < 4.78 is 36.4. The molecule has 0 saturated heterocycles. The fraction of sp³-hybridized carbons (Fsp3) is 0.900.